The number of nitrogens with two attached hydrogens (primary N) is 1. The molecule has 1 heterocycles. The van der Waals surface area contributed by atoms with E-state index >= 15 is 0 Å². The lowest BCUT2D eigenvalue weighted by Crippen LogP contribution is -2.56. The first-order valence-electron chi connectivity index (χ1n) is 7.24. The van der Waals surface area contributed by atoms with Gasteiger partial charge in [0.2, 0.25) is 10.0 Å². The van der Waals surface area contributed by atoms with Crippen LogP contribution in [-0.4, -0.2) is 30.9 Å². The maximum atomic E-state index is 12.3. The number of primary sulfonamides is 1. The molecule has 8 nitrogen and oxygen atoms in total. The molecule has 23 heavy (non-hydrogen) atoms. The van der Waals surface area contributed by atoms with E-state index in [0.29, 0.717) is 31.6 Å². The smallest absolute Gasteiger partial charge is 0.329 e. The van der Waals surface area contributed by atoms with Gasteiger partial charge in [-0.15, -0.1) is 0 Å². The van der Waals surface area contributed by atoms with Crippen molar-refractivity contribution in [3.8, 4) is 0 Å². The van der Waals surface area contributed by atoms with Gasteiger partial charge in [-0.05, 0) is 38.5 Å². The minimum absolute atomic E-state index is 0.0145. The van der Waals surface area contributed by atoms with Gasteiger partial charge in [-0.25, -0.2) is 18.4 Å². The van der Waals surface area contributed by atoms with Crippen LogP contribution in [0.15, 0.2) is 15.4 Å². The molecule has 0 spiro atoms. The number of carboxylic acids is 1. The molecular formula is C14H20N2O6S. The van der Waals surface area contributed by atoms with Crippen molar-refractivity contribution >= 4 is 21.9 Å². The zero-order valence-corrected chi connectivity index (χ0v) is 13.8. The molecule has 9 heteroatoms. The van der Waals surface area contributed by atoms with Crippen LogP contribution < -0.4 is 10.5 Å². The largest absolute Gasteiger partial charge is 0.480 e. The highest BCUT2D eigenvalue weighted by molar-refractivity contribution is 7.89. The highest BCUT2D eigenvalue weighted by Crippen LogP contribution is 2.32. The first-order chi connectivity index (χ1) is 10.5. The van der Waals surface area contributed by atoms with Gasteiger partial charge in [-0.2, -0.15) is 0 Å². The number of nitrogens with one attached hydrogen (secondary N) is 1. The summed E-state index contributed by atoms with van der Waals surface area (Å²) in [6.07, 6.45) is 2.01. The molecule has 1 aromatic heterocycles. The highest BCUT2D eigenvalue weighted by atomic mass is 32.2. The number of rotatable bonds is 4. The van der Waals surface area contributed by atoms with E-state index in [-0.39, 0.29) is 16.4 Å². The highest BCUT2D eigenvalue weighted by Gasteiger charge is 2.43. The molecule has 1 aliphatic rings. The summed E-state index contributed by atoms with van der Waals surface area (Å²) in [5.74, 6) is -1.75. The van der Waals surface area contributed by atoms with Crippen molar-refractivity contribution < 1.29 is 27.5 Å². The Morgan fingerprint density at radius 3 is 2.39 bits per heavy atom. The Hall–Kier alpha value is -1.87. The Morgan fingerprint density at radius 2 is 1.96 bits per heavy atom. The summed E-state index contributed by atoms with van der Waals surface area (Å²) in [4.78, 5) is 23.6. The quantitative estimate of drug-likeness (QED) is 0.744. The molecule has 0 bridgehead atoms. The van der Waals surface area contributed by atoms with E-state index < -0.39 is 27.4 Å². The van der Waals surface area contributed by atoms with Crippen LogP contribution in [0.3, 0.4) is 0 Å². The average molecular weight is 344 g/mol. The average Bonchev–Trinajstić information content (AvgIpc) is 2.83. The SMILES string of the molecule is Cc1oc(C(=O)NC2(C(=O)O)CCC(C)CC2)cc1S(N)(=O)=O. The van der Waals surface area contributed by atoms with Crippen molar-refractivity contribution in [1.29, 1.82) is 0 Å². The van der Waals surface area contributed by atoms with Gasteiger partial charge >= 0.3 is 5.97 Å². The Labute approximate surface area is 134 Å². The predicted molar refractivity (Wildman–Crippen MR) is 80.3 cm³/mol. The minimum Gasteiger partial charge on any atom is -0.480 e. The van der Waals surface area contributed by atoms with Crippen LogP contribution in [0.5, 0.6) is 0 Å². The van der Waals surface area contributed by atoms with Crippen LogP contribution in [0.1, 0.15) is 48.9 Å². The molecule has 0 saturated heterocycles. The van der Waals surface area contributed by atoms with Crippen LogP contribution in [-0.2, 0) is 14.8 Å². The lowest BCUT2D eigenvalue weighted by molar-refractivity contribution is -0.146. The number of hydrogen-bond acceptors (Lipinski definition) is 5. The van der Waals surface area contributed by atoms with Gasteiger partial charge in [0.1, 0.15) is 16.2 Å². The third-order valence-corrected chi connectivity index (χ3v) is 5.31. The van der Waals surface area contributed by atoms with Crippen LogP contribution >= 0.6 is 0 Å². The first-order valence-corrected chi connectivity index (χ1v) is 8.79. The zero-order valence-electron chi connectivity index (χ0n) is 13.0. The van der Waals surface area contributed by atoms with E-state index in [2.05, 4.69) is 5.32 Å². The number of aliphatic carboxylic acids is 1. The molecular weight excluding hydrogens is 324 g/mol. The van der Waals surface area contributed by atoms with Crippen molar-refractivity contribution in [3.05, 3.63) is 17.6 Å². The van der Waals surface area contributed by atoms with E-state index in [1.807, 2.05) is 6.92 Å². The van der Waals surface area contributed by atoms with Crippen LogP contribution in [0.25, 0.3) is 0 Å². The molecule has 0 unspecified atom stereocenters. The first kappa shape index (κ1) is 17.5. The molecule has 2 rings (SSSR count). The zero-order chi connectivity index (χ0) is 17.4. The second-order valence-electron chi connectivity index (χ2n) is 6.10. The third-order valence-electron chi connectivity index (χ3n) is 4.29. The molecule has 4 N–H and O–H groups in total. The van der Waals surface area contributed by atoms with Gasteiger partial charge in [-0.3, -0.25) is 4.79 Å². The number of furan rings is 1. The number of hydrogen-bond donors (Lipinski definition) is 3. The maximum Gasteiger partial charge on any atom is 0.329 e. The van der Waals surface area contributed by atoms with Crippen LogP contribution in [0, 0.1) is 12.8 Å². The van der Waals surface area contributed by atoms with E-state index in [4.69, 9.17) is 9.56 Å². The van der Waals surface area contributed by atoms with Crippen molar-refractivity contribution in [3.63, 3.8) is 0 Å². The Morgan fingerprint density at radius 1 is 1.39 bits per heavy atom. The van der Waals surface area contributed by atoms with Crippen molar-refractivity contribution in [1.82, 2.24) is 5.32 Å². The second kappa shape index (κ2) is 5.97. The molecule has 1 aromatic rings. The molecule has 0 aliphatic heterocycles. The van der Waals surface area contributed by atoms with Gasteiger partial charge in [-0.1, -0.05) is 6.92 Å². The molecule has 1 fully saturated rings. The standard InChI is InChI=1S/C14H20N2O6S/c1-8-3-5-14(6-4-8,13(18)19)16-12(17)10-7-11(9(2)22-10)23(15,20)21/h7-8H,3-6H2,1-2H3,(H,16,17)(H,18,19)(H2,15,20,21). The lowest BCUT2D eigenvalue weighted by atomic mass is 9.77. The lowest BCUT2D eigenvalue weighted by Gasteiger charge is -2.36. The fourth-order valence-electron chi connectivity index (χ4n) is 2.79. The fraction of sp³-hybridized carbons (Fsp3) is 0.571. The number of sulfonamides is 1. The van der Waals surface area contributed by atoms with Gasteiger partial charge in [0.05, 0.1) is 0 Å². The number of carboxylic acid groups (broad SMARTS) is 1. The minimum atomic E-state index is -4.01. The fourth-order valence-corrected chi connectivity index (χ4v) is 3.50. The Balaban J connectivity index is 2.25. The molecule has 1 saturated carbocycles. The maximum absolute atomic E-state index is 12.3. The normalized spacial score (nSPS) is 25.1. The van der Waals surface area contributed by atoms with Gasteiger partial charge in [0.15, 0.2) is 5.76 Å². The summed E-state index contributed by atoms with van der Waals surface area (Å²) in [7, 11) is -4.01. The van der Waals surface area contributed by atoms with Gasteiger partial charge in [0, 0.05) is 6.07 Å². The van der Waals surface area contributed by atoms with Crippen molar-refractivity contribution in [2.75, 3.05) is 0 Å². The van der Waals surface area contributed by atoms with Gasteiger partial charge in [0.25, 0.3) is 5.91 Å². The van der Waals surface area contributed by atoms with E-state index in [1.54, 1.807) is 0 Å². The van der Waals surface area contributed by atoms with E-state index in [1.165, 1.54) is 6.92 Å². The summed E-state index contributed by atoms with van der Waals surface area (Å²) in [6, 6.07) is 1.01. The van der Waals surface area contributed by atoms with E-state index in [9.17, 15) is 23.1 Å². The summed E-state index contributed by atoms with van der Waals surface area (Å²) < 4.78 is 27.9. The number of aryl methyl sites for hydroxylation is 1. The Kier molecular flexibility index (Phi) is 4.54. The van der Waals surface area contributed by atoms with E-state index in [0.717, 1.165) is 6.07 Å². The number of amides is 1. The molecule has 0 atom stereocenters. The summed E-state index contributed by atoms with van der Waals surface area (Å²) in [5, 5.41) is 17.0. The topological polar surface area (TPSA) is 140 Å². The Bertz CT molecular complexity index is 728. The molecule has 0 radical (unpaired) electrons. The summed E-state index contributed by atoms with van der Waals surface area (Å²) in [6.45, 7) is 3.40. The monoisotopic (exact) mass is 344 g/mol. The molecule has 128 valence electrons. The molecule has 1 aliphatic carbocycles. The molecule has 1 amide bonds. The summed E-state index contributed by atoms with van der Waals surface area (Å²) in [5.41, 5.74) is -1.36. The second-order valence-corrected chi connectivity index (χ2v) is 7.63. The van der Waals surface area contributed by atoms with Crippen LogP contribution in [0.2, 0.25) is 0 Å². The summed E-state index contributed by atoms with van der Waals surface area (Å²) >= 11 is 0. The third kappa shape index (κ3) is 3.56. The van der Waals surface area contributed by atoms with Gasteiger partial charge < -0.3 is 14.8 Å². The molecule has 0 aromatic carbocycles. The number of carbonyl (C=O) groups is 2. The van der Waals surface area contributed by atoms with Crippen LogP contribution in [0.4, 0.5) is 0 Å². The predicted octanol–water partition coefficient (Wildman–Crippen LogP) is 0.999. The van der Waals surface area contributed by atoms with Crippen molar-refractivity contribution in [2.24, 2.45) is 11.1 Å². The van der Waals surface area contributed by atoms with Crippen molar-refractivity contribution in [2.45, 2.75) is 50.0 Å². The number of carbonyl (C=O) groups excluding carboxylic acids is 1.